The number of nitrogens with two attached hydrogens (primary N) is 1. The molecule has 0 radical (unpaired) electrons. The molecule has 0 aliphatic carbocycles. The second-order valence-corrected chi connectivity index (χ2v) is 5.44. The Morgan fingerprint density at radius 3 is 2.65 bits per heavy atom. The number of benzene rings is 1. The molecule has 1 heterocycles. The van der Waals surface area contributed by atoms with Crippen molar-refractivity contribution in [1.82, 2.24) is 9.80 Å². The molecule has 1 aliphatic rings. The first-order chi connectivity index (χ1) is 9.72. The predicted octanol–water partition coefficient (Wildman–Crippen LogP) is 1.28. The van der Waals surface area contributed by atoms with Crippen LogP contribution < -0.4 is 5.73 Å². The van der Waals surface area contributed by atoms with Crippen LogP contribution in [-0.2, 0) is 4.79 Å². The normalized spacial score (nSPS) is 18.6. The molecule has 2 N–H and O–H groups in total. The maximum absolute atomic E-state index is 12.6. The Kier molecular flexibility index (Phi) is 5.56. The lowest BCUT2D eigenvalue weighted by Crippen LogP contribution is -2.38. The number of carbonyl (C=O) groups excluding carboxylic acids is 1. The molecule has 1 aromatic carbocycles. The summed E-state index contributed by atoms with van der Waals surface area (Å²) < 4.78 is 0. The molecule has 0 bridgehead atoms. The van der Waals surface area contributed by atoms with Crippen LogP contribution in [0.5, 0.6) is 0 Å². The Balaban J connectivity index is 1.95. The Bertz CT molecular complexity index is 421. The van der Waals surface area contributed by atoms with E-state index in [1.165, 1.54) is 0 Å². The van der Waals surface area contributed by atoms with E-state index in [0.29, 0.717) is 6.54 Å². The maximum atomic E-state index is 12.6. The standard InChI is InChI=1S/C16H25N3O/c1-14(15-6-3-2-4-7-15)16(20)19-10-5-9-18(11-8-17)12-13-19/h2-4,6-7,14H,5,8-13,17H2,1H3. The monoisotopic (exact) mass is 275 g/mol. The number of nitrogens with zero attached hydrogens (tertiary/aromatic N) is 2. The van der Waals surface area contributed by atoms with E-state index in [9.17, 15) is 4.79 Å². The summed E-state index contributed by atoms with van der Waals surface area (Å²) in [5.74, 6) is 0.183. The van der Waals surface area contributed by atoms with Crippen molar-refractivity contribution >= 4 is 5.91 Å². The molecule has 0 aromatic heterocycles. The summed E-state index contributed by atoms with van der Waals surface area (Å²) in [7, 11) is 0. The third kappa shape index (κ3) is 3.81. The second kappa shape index (κ2) is 7.41. The third-order valence-corrected chi connectivity index (χ3v) is 4.02. The van der Waals surface area contributed by atoms with Crippen LogP contribution in [0.3, 0.4) is 0 Å². The van der Waals surface area contributed by atoms with E-state index in [-0.39, 0.29) is 11.8 Å². The summed E-state index contributed by atoms with van der Waals surface area (Å²) in [4.78, 5) is 17.0. The first-order valence-corrected chi connectivity index (χ1v) is 7.48. The Hall–Kier alpha value is -1.39. The number of carbonyl (C=O) groups is 1. The van der Waals surface area contributed by atoms with Gasteiger partial charge >= 0.3 is 0 Å². The maximum Gasteiger partial charge on any atom is 0.229 e. The lowest BCUT2D eigenvalue weighted by molar-refractivity contribution is -0.132. The minimum Gasteiger partial charge on any atom is -0.341 e. The van der Waals surface area contributed by atoms with Crippen LogP contribution in [0.25, 0.3) is 0 Å². The van der Waals surface area contributed by atoms with Gasteiger partial charge in [-0.3, -0.25) is 4.79 Å². The van der Waals surface area contributed by atoms with Crippen LogP contribution >= 0.6 is 0 Å². The fourth-order valence-electron chi connectivity index (χ4n) is 2.76. The van der Waals surface area contributed by atoms with Gasteiger partial charge in [0, 0.05) is 32.7 Å². The quantitative estimate of drug-likeness (QED) is 0.900. The molecule has 4 nitrogen and oxygen atoms in total. The van der Waals surface area contributed by atoms with Crippen LogP contribution in [-0.4, -0.2) is 55.0 Å². The second-order valence-electron chi connectivity index (χ2n) is 5.44. The molecule has 4 heteroatoms. The molecule has 20 heavy (non-hydrogen) atoms. The molecule has 1 amide bonds. The Morgan fingerprint density at radius 2 is 1.95 bits per heavy atom. The largest absolute Gasteiger partial charge is 0.341 e. The number of hydrogen-bond acceptors (Lipinski definition) is 3. The molecule has 2 rings (SSSR count). The first kappa shape index (κ1) is 15.0. The molecule has 0 saturated carbocycles. The summed E-state index contributed by atoms with van der Waals surface area (Å²) in [6, 6.07) is 10.0. The zero-order valence-electron chi connectivity index (χ0n) is 12.3. The molecule has 1 fully saturated rings. The van der Waals surface area contributed by atoms with Gasteiger partial charge in [-0.1, -0.05) is 30.3 Å². The van der Waals surface area contributed by atoms with Gasteiger partial charge in [-0.2, -0.15) is 0 Å². The van der Waals surface area contributed by atoms with Crippen molar-refractivity contribution in [2.75, 3.05) is 39.3 Å². The van der Waals surface area contributed by atoms with E-state index in [2.05, 4.69) is 4.90 Å². The summed E-state index contributed by atoms with van der Waals surface area (Å²) in [5, 5.41) is 0. The highest BCUT2D eigenvalue weighted by atomic mass is 16.2. The van der Waals surface area contributed by atoms with Gasteiger partial charge in [-0.15, -0.1) is 0 Å². The van der Waals surface area contributed by atoms with Gasteiger partial charge in [0.2, 0.25) is 5.91 Å². The van der Waals surface area contributed by atoms with Crippen molar-refractivity contribution < 1.29 is 4.79 Å². The summed E-state index contributed by atoms with van der Waals surface area (Å²) in [5.41, 5.74) is 6.70. The van der Waals surface area contributed by atoms with Gasteiger partial charge in [0.15, 0.2) is 0 Å². The number of hydrogen-bond donors (Lipinski definition) is 1. The lowest BCUT2D eigenvalue weighted by atomic mass is 10.00. The summed E-state index contributed by atoms with van der Waals surface area (Å²) in [6.45, 7) is 7.27. The molecular formula is C16H25N3O. The molecule has 1 saturated heterocycles. The van der Waals surface area contributed by atoms with E-state index in [1.54, 1.807) is 0 Å². The zero-order chi connectivity index (χ0) is 14.4. The third-order valence-electron chi connectivity index (χ3n) is 4.02. The smallest absolute Gasteiger partial charge is 0.229 e. The van der Waals surface area contributed by atoms with Gasteiger partial charge < -0.3 is 15.5 Å². The first-order valence-electron chi connectivity index (χ1n) is 7.48. The molecule has 1 unspecified atom stereocenters. The van der Waals surface area contributed by atoms with E-state index in [4.69, 9.17) is 5.73 Å². The average Bonchev–Trinajstić information content (AvgIpc) is 2.73. The van der Waals surface area contributed by atoms with E-state index >= 15 is 0 Å². The average molecular weight is 275 g/mol. The van der Waals surface area contributed by atoms with Crippen molar-refractivity contribution in [3.05, 3.63) is 35.9 Å². The highest BCUT2D eigenvalue weighted by Gasteiger charge is 2.23. The summed E-state index contributed by atoms with van der Waals surface area (Å²) in [6.07, 6.45) is 1.03. The van der Waals surface area contributed by atoms with Crippen molar-refractivity contribution in [2.45, 2.75) is 19.3 Å². The number of rotatable bonds is 4. The SMILES string of the molecule is CC(C(=O)N1CCCN(CCN)CC1)c1ccccc1. The van der Waals surface area contributed by atoms with Crippen molar-refractivity contribution in [2.24, 2.45) is 5.73 Å². The van der Waals surface area contributed by atoms with Gasteiger partial charge in [0.05, 0.1) is 5.92 Å². The highest BCUT2D eigenvalue weighted by Crippen LogP contribution is 2.18. The van der Waals surface area contributed by atoms with Gasteiger partial charge in [-0.25, -0.2) is 0 Å². The van der Waals surface area contributed by atoms with Crippen LogP contribution in [0.2, 0.25) is 0 Å². The van der Waals surface area contributed by atoms with E-state index in [0.717, 1.165) is 44.7 Å². The molecule has 0 spiro atoms. The fraction of sp³-hybridized carbons (Fsp3) is 0.562. The molecule has 110 valence electrons. The van der Waals surface area contributed by atoms with Crippen LogP contribution in [0.15, 0.2) is 30.3 Å². The molecule has 1 atom stereocenters. The lowest BCUT2D eigenvalue weighted by Gasteiger charge is -2.25. The fourth-order valence-corrected chi connectivity index (χ4v) is 2.76. The Labute approximate surface area is 121 Å². The van der Waals surface area contributed by atoms with E-state index < -0.39 is 0 Å². The molecule has 1 aromatic rings. The van der Waals surface area contributed by atoms with Crippen LogP contribution in [0, 0.1) is 0 Å². The molecular weight excluding hydrogens is 250 g/mol. The van der Waals surface area contributed by atoms with Gasteiger partial charge in [0.1, 0.15) is 0 Å². The van der Waals surface area contributed by atoms with Crippen molar-refractivity contribution in [3.63, 3.8) is 0 Å². The van der Waals surface area contributed by atoms with Gasteiger partial charge in [-0.05, 0) is 25.5 Å². The highest BCUT2D eigenvalue weighted by molar-refractivity contribution is 5.83. The van der Waals surface area contributed by atoms with Crippen molar-refractivity contribution in [3.8, 4) is 0 Å². The topological polar surface area (TPSA) is 49.6 Å². The number of amides is 1. The zero-order valence-corrected chi connectivity index (χ0v) is 12.3. The minimum atomic E-state index is -0.0581. The van der Waals surface area contributed by atoms with Gasteiger partial charge in [0.25, 0.3) is 0 Å². The van der Waals surface area contributed by atoms with E-state index in [1.807, 2.05) is 42.2 Å². The minimum absolute atomic E-state index is 0.0581. The van der Waals surface area contributed by atoms with Crippen molar-refractivity contribution in [1.29, 1.82) is 0 Å². The molecule has 1 aliphatic heterocycles. The summed E-state index contributed by atoms with van der Waals surface area (Å²) >= 11 is 0. The Morgan fingerprint density at radius 1 is 1.20 bits per heavy atom. The van der Waals surface area contributed by atoms with Crippen LogP contribution in [0.4, 0.5) is 0 Å². The predicted molar refractivity (Wildman–Crippen MR) is 81.5 cm³/mol. The van der Waals surface area contributed by atoms with Crippen LogP contribution in [0.1, 0.15) is 24.8 Å².